The maximum atomic E-state index is 12.0. The van der Waals surface area contributed by atoms with Gasteiger partial charge in [0.15, 0.2) is 0 Å². The Bertz CT molecular complexity index is 496. The molecule has 0 saturated carbocycles. The molecule has 1 aromatic rings. The van der Waals surface area contributed by atoms with Crippen LogP contribution in [0.25, 0.3) is 0 Å². The van der Waals surface area contributed by atoms with Crippen LogP contribution in [-0.2, 0) is 9.53 Å². The molecule has 0 aliphatic carbocycles. The third kappa shape index (κ3) is 4.02. The number of hydrogen-bond acceptors (Lipinski definition) is 5. The van der Waals surface area contributed by atoms with E-state index in [1.165, 1.54) is 16.9 Å². The summed E-state index contributed by atoms with van der Waals surface area (Å²) in [6, 6.07) is 0.718. The molecule has 0 bridgehead atoms. The van der Waals surface area contributed by atoms with Gasteiger partial charge >= 0.3 is 5.97 Å². The quantitative estimate of drug-likeness (QED) is 0.741. The molecule has 1 aliphatic rings. The Labute approximate surface area is 122 Å². The molecule has 2 rings (SSSR count). The van der Waals surface area contributed by atoms with Gasteiger partial charge in [0.1, 0.15) is 11.7 Å². The number of carbonyl (C=O) groups is 2. The lowest BCUT2D eigenvalue weighted by molar-refractivity contribution is -0.124. The molecule has 0 spiro atoms. The lowest BCUT2D eigenvalue weighted by Gasteiger charge is -2.26. The van der Waals surface area contributed by atoms with Crippen molar-refractivity contribution in [1.29, 1.82) is 0 Å². The Kier molecular flexibility index (Phi) is 5.29. The number of morpholine rings is 1. The van der Waals surface area contributed by atoms with Crippen molar-refractivity contribution in [2.24, 2.45) is 0 Å². The first-order valence-corrected chi connectivity index (χ1v) is 6.94. The summed E-state index contributed by atoms with van der Waals surface area (Å²) in [6.07, 6.45) is 1.38. The van der Waals surface area contributed by atoms with Gasteiger partial charge in [-0.2, -0.15) is 5.10 Å². The molecule has 21 heavy (non-hydrogen) atoms. The summed E-state index contributed by atoms with van der Waals surface area (Å²) in [5.41, 5.74) is 0.00540. The molecule has 1 fully saturated rings. The number of aromatic carboxylic acids is 1. The highest BCUT2D eigenvalue weighted by Crippen LogP contribution is 2.09. The third-order valence-electron chi connectivity index (χ3n) is 3.47. The van der Waals surface area contributed by atoms with Crippen molar-refractivity contribution in [2.75, 3.05) is 39.4 Å². The second-order valence-electron chi connectivity index (χ2n) is 4.89. The molecule has 1 aromatic heterocycles. The summed E-state index contributed by atoms with van der Waals surface area (Å²) in [7, 11) is 0. The molecule has 116 valence electrons. The first-order chi connectivity index (χ1) is 10.1. The number of nitrogens with zero attached hydrogens (tertiary/aromatic N) is 3. The first kappa shape index (κ1) is 15.5. The van der Waals surface area contributed by atoms with Gasteiger partial charge in [-0.05, 0) is 13.0 Å². The van der Waals surface area contributed by atoms with E-state index in [0.29, 0.717) is 6.54 Å². The van der Waals surface area contributed by atoms with Crippen LogP contribution in [-0.4, -0.2) is 71.1 Å². The fourth-order valence-electron chi connectivity index (χ4n) is 2.21. The number of hydrogen-bond donors (Lipinski definition) is 2. The summed E-state index contributed by atoms with van der Waals surface area (Å²) >= 11 is 0. The Hall–Kier alpha value is -1.93. The van der Waals surface area contributed by atoms with Gasteiger partial charge in [0.2, 0.25) is 5.91 Å². The second-order valence-corrected chi connectivity index (χ2v) is 4.89. The van der Waals surface area contributed by atoms with Crippen LogP contribution >= 0.6 is 0 Å². The van der Waals surface area contributed by atoms with E-state index in [2.05, 4.69) is 15.3 Å². The van der Waals surface area contributed by atoms with E-state index >= 15 is 0 Å². The van der Waals surface area contributed by atoms with Crippen molar-refractivity contribution in [3.05, 3.63) is 18.0 Å². The van der Waals surface area contributed by atoms with Crippen molar-refractivity contribution in [3.8, 4) is 0 Å². The zero-order valence-electron chi connectivity index (χ0n) is 12.0. The fourth-order valence-corrected chi connectivity index (χ4v) is 2.21. The van der Waals surface area contributed by atoms with E-state index in [0.717, 1.165) is 32.8 Å². The normalized spacial score (nSPS) is 17.4. The minimum atomic E-state index is -1.10. The van der Waals surface area contributed by atoms with Crippen molar-refractivity contribution in [2.45, 2.75) is 13.0 Å². The number of carbonyl (C=O) groups excluding carboxylic acids is 1. The molecule has 1 unspecified atom stereocenters. The van der Waals surface area contributed by atoms with Gasteiger partial charge in [0, 0.05) is 32.4 Å². The highest BCUT2D eigenvalue weighted by Gasteiger charge is 2.21. The Morgan fingerprint density at radius 2 is 2.19 bits per heavy atom. The van der Waals surface area contributed by atoms with Crippen LogP contribution in [0, 0.1) is 0 Å². The molecule has 0 aromatic carbocycles. The minimum absolute atomic E-state index is 0.00540. The van der Waals surface area contributed by atoms with Crippen LogP contribution in [0.15, 0.2) is 12.3 Å². The average molecular weight is 296 g/mol. The summed E-state index contributed by atoms with van der Waals surface area (Å²) < 4.78 is 6.47. The van der Waals surface area contributed by atoms with Gasteiger partial charge in [-0.3, -0.25) is 9.69 Å². The van der Waals surface area contributed by atoms with E-state index < -0.39 is 12.0 Å². The summed E-state index contributed by atoms with van der Waals surface area (Å²) in [5.74, 6) is -1.34. The van der Waals surface area contributed by atoms with Crippen LogP contribution in [0.4, 0.5) is 0 Å². The number of aromatic nitrogens is 2. The van der Waals surface area contributed by atoms with Gasteiger partial charge in [-0.15, -0.1) is 0 Å². The van der Waals surface area contributed by atoms with E-state index in [1.807, 2.05) is 0 Å². The van der Waals surface area contributed by atoms with Crippen LogP contribution in [0.2, 0.25) is 0 Å². The van der Waals surface area contributed by atoms with Crippen molar-refractivity contribution in [3.63, 3.8) is 0 Å². The van der Waals surface area contributed by atoms with Crippen LogP contribution in [0.1, 0.15) is 23.5 Å². The average Bonchev–Trinajstić information content (AvgIpc) is 2.97. The molecule has 1 saturated heterocycles. The summed E-state index contributed by atoms with van der Waals surface area (Å²) in [4.78, 5) is 25.3. The summed E-state index contributed by atoms with van der Waals surface area (Å²) in [6.45, 7) is 6.09. The highest BCUT2D eigenvalue weighted by molar-refractivity contribution is 5.87. The molecule has 0 radical (unpaired) electrons. The largest absolute Gasteiger partial charge is 0.477 e. The monoisotopic (exact) mass is 296 g/mol. The molecule has 1 atom stereocenters. The fraction of sp³-hybridized carbons (Fsp3) is 0.615. The first-order valence-electron chi connectivity index (χ1n) is 6.94. The number of carboxylic acid groups (broad SMARTS) is 1. The predicted octanol–water partition coefficient (Wildman–Crippen LogP) is -0.409. The number of nitrogens with one attached hydrogen (secondary N) is 1. The van der Waals surface area contributed by atoms with Crippen LogP contribution < -0.4 is 5.32 Å². The number of rotatable bonds is 6. The van der Waals surface area contributed by atoms with Crippen molar-refractivity contribution < 1.29 is 19.4 Å². The zero-order valence-corrected chi connectivity index (χ0v) is 12.0. The number of carboxylic acids is 1. The van der Waals surface area contributed by atoms with E-state index in [1.54, 1.807) is 6.92 Å². The van der Waals surface area contributed by atoms with E-state index in [-0.39, 0.29) is 11.6 Å². The predicted molar refractivity (Wildman–Crippen MR) is 74.2 cm³/mol. The SMILES string of the molecule is CC(C(=O)NCCN1CCOCC1)n1nccc1C(=O)O. The van der Waals surface area contributed by atoms with E-state index in [4.69, 9.17) is 9.84 Å². The molecule has 2 N–H and O–H groups in total. The molecule has 8 nitrogen and oxygen atoms in total. The zero-order chi connectivity index (χ0) is 15.2. The topological polar surface area (TPSA) is 96.7 Å². The number of amides is 1. The smallest absolute Gasteiger partial charge is 0.354 e. The molecule has 1 amide bonds. The second kappa shape index (κ2) is 7.19. The molecule has 1 aliphatic heterocycles. The van der Waals surface area contributed by atoms with Crippen LogP contribution in [0.3, 0.4) is 0 Å². The molecular formula is C13H20N4O4. The van der Waals surface area contributed by atoms with Gasteiger partial charge in [0.25, 0.3) is 0 Å². The number of ether oxygens (including phenoxy) is 1. The lowest BCUT2D eigenvalue weighted by Crippen LogP contribution is -2.42. The standard InChI is InChI=1S/C13H20N4O4/c1-10(17-11(13(19)20)2-3-15-17)12(18)14-4-5-16-6-8-21-9-7-16/h2-3,10H,4-9H2,1H3,(H,14,18)(H,19,20). The summed E-state index contributed by atoms with van der Waals surface area (Å²) in [5, 5.41) is 15.7. The van der Waals surface area contributed by atoms with Gasteiger partial charge in [0.05, 0.1) is 13.2 Å². The Morgan fingerprint density at radius 3 is 2.86 bits per heavy atom. The van der Waals surface area contributed by atoms with Crippen molar-refractivity contribution in [1.82, 2.24) is 20.0 Å². The van der Waals surface area contributed by atoms with Crippen LogP contribution in [0.5, 0.6) is 0 Å². The van der Waals surface area contributed by atoms with Gasteiger partial charge in [-0.25, -0.2) is 9.48 Å². The minimum Gasteiger partial charge on any atom is -0.477 e. The Morgan fingerprint density at radius 1 is 1.48 bits per heavy atom. The third-order valence-corrected chi connectivity index (χ3v) is 3.47. The Balaban J connectivity index is 1.82. The van der Waals surface area contributed by atoms with Crippen molar-refractivity contribution >= 4 is 11.9 Å². The molecular weight excluding hydrogens is 276 g/mol. The maximum absolute atomic E-state index is 12.0. The highest BCUT2D eigenvalue weighted by atomic mass is 16.5. The van der Waals surface area contributed by atoms with Gasteiger partial charge < -0.3 is 15.2 Å². The van der Waals surface area contributed by atoms with Gasteiger partial charge in [-0.1, -0.05) is 0 Å². The maximum Gasteiger partial charge on any atom is 0.354 e. The van der Waals surface area contributed by atoms with E-state index in [9.17, 15) is 9.59 Å². The lowest BCUT2D eigenvalue weighted by atomic mass is 10.3. The molecule has 8 heteroatoms. The molecule has 2 heterocycles.